The molecule has 0 unspecified atom stereocenters. The van der Waals surface area contributed by atoms with Crippen molar-refractivity contribution in [2.45, 2.75) is 6.92 Å². The summed E-state index contributed by atoms with van der Waals surface area (Å²) in [4.78, 5) is 11.6. The Morgan fingerprint density at radius 3 is 2.76 bits per heavy atom. The fourth-order valence-corrected chi connectivity index (χ4v) is 2.53. The predicted octanol–water partition coefficient (Wildman–Crippen LogP) is -0.667. The Balaban J connectivity index is 2.41. The second-order valence-electron chi connectivity index (χ2n) is 4.45. The van der Waals surface area contributed by atoms with Gasteiger partial charge in [-0.15, -0.1) is 9.38 Å². The zero-order chi connectivity index (χ0) is 15.0. The van der Waals surface area contributed by atoms with Gasteiger partial charge in [-0.2, -0.15) is 8.42 Å². The molecule has 0 fully saturated rings. The molecule has 0 aliphatic carbocycles. The Kier molecular flexibility index (Phi) is 3.09. The van der Waals surface area contributed by atoms with E-state index >= 15 is 0 Å². The largest absolute Gasteiger partial charge is 0.529 e. The summed E-state index contributed by atoms with van der Waals surface area (Å²) in [5.41, 5.74) is -0.0567. The minimum atomic E-state index is -3.75. The molecule has 0 saturated carbocycles. The van der Waals surface area contributed by atoms with Crippen LogP contribution in [-0.2, 0) is 10.1 Å². The van der Waals surface area contributed by atoms with Crippen LogP contribution in [0.5, 0.6) is 0 Å². The van der Waals surface area contributed by atoms with Gasteiger partial charge in [0.05, 0.1) is 5.75 Å². The SMILES string of the molecule is CCS(=O)(=O)O[n+]1cc(=O)[nH][n+]2ccc3ccccc3c12. The Bertz CT molecular complexity index is 995. The van der Waals surface area contributed by atoms with E-state index in [0.29, 0.717) is 5.65 Å². The molecule has 1 aromatic carbocycles. The van der Waals surface area contributed by atoms with Crippen LogP contribution in [0.4, 0.5) is 0 Å². The molecule has 2 heterocycles. The van der Waals surface area contributed by atoms with Crippen LogP contribution in [0, 0.1) is 0 Å². The Morgan fingerprint density at radius 1 is 1.24 bits per heavy atom. The van der Waals surface area contributed by atoms with Crippen molar-refractivity contribution in [1.82, 2.24) is 5.10 Å². The Hall–Kier alpha value is -2.48. The van der Waals surface area contributed by atoms with Crippen LogP contribution in [0.1, 0.15) is 6.92 Å². The van der Waals surface area contributed by atoms with E-state index in [9.17, 15) is 13.2 Å². The highest BCUT2D eigenvalue weighted by Crippen LogP contribution is 2.13. The van der Waals surface area contributed by atoms with E-state index in [2.05, 4.69) is 5.10 Å². The average molecular weight is 307 g/mol. The van der Waals surface area contributed by atoms with Gasteiger partial charge in [0.1, 0.15) is 10.1 Å². The van der Waals surface area contributed by atoms with Gasteiger partial charge < -0.3 is 0 Å². The third kappa shape index (κ3) is 2.45. The van der Waals surface area contributed by atoms with E-state index in [4.69, 9.17) is 4.28 Å². The molecule has 0 amide bonds. The molecule has 108 valence electrons. The summed E-state index contributed by atoms with van der Waals surface area (Å²) in [6.07, 6.45) is 2.70. The number of aromatic amines is 1. The molecule has 0 spiro atoms. The van der Waals surface area contributed by atoms with Crippen molar-refractivity contribution in [2.24, 2.45) is 0 Å². The normalized spacial score (nSPS) is 11.9. The van der Waals surface area contributed by atoms with E-state index in [-0.39, 0.29) is 5.75 Å². The van der Waals surface area contributed by atoms with Crippen molar-refractivity contribution < 1.29 is 21.9 Å². The summed E-state index contributed by atoms with van der Waals surface area (Å²) < 4.78 is 30.8. The second kappa shape index (κ2) is 4.81. The number of hydrogen-bond acceptors (Lipinski definition) is 4. The van der Waals surface area contributed by atoms with E-state index in [1.807, 2.05) is 30.3 Å². The van der Waals surface area contributed by atoms with Crippen molar-refractivity contribution >= 4 is 26.5 Å². The minimum Gasteiger partial charge on any atom is -0.257 e. The van der Waals surface area contributed by atoms with Gasteiger partial charge in [-0.25, -0.2) is 0 Å². The first-order chi connectivity index (χ1) is 10.00. The number of hydrogen-bond donors (Lipinski definition) is 1. The van der Waals surface area contributed by atoms with Gasteiger partial charge in [0.25, 0.3) is 0 Å². The third-order valence-electron chi connectivity index (χ3n) is 3.05. The van der Waals surface area contributed by atoms with Crippen LogP contribution in [0.2, 0.25) is 0 Å². The summed E-state index contributed by atoms with van der Waals surface area (Å²) in [5, 5.41) is 4.24. The molecule has 0 radical (unpaired) electrons. The third-order valence-corrected chi connectivity index (χ3v) is 4.15. The van der Waals surface area contributed by atoms with Crippen molar-refractivity contribution in [3.63, 3.8) is 0 Å². The van der Waals surface area contributed by atoms with Crippen LogP contribution in [-0.4, -0.2) is 19.3 Å². The molecule has 2 aromatic heterocycles. The first-order valence-electron chi connectivity index (χ1n) is 6.31. The summed E-state index contributed by atoms with van der Waals surface area (Å²) in [6.45, 7) is 1.47. The number of fused-ring (bicyclic) bond motifs is 3. The first kappa shape index (κ1) is 13.5. The van der Waals surface area contributed by atoms with E-state index in [0.717, 1.165) is 21.7 Å². The highest BCUT2D eigenvalue weighted by atomic mass is 32.2. The van der Waals surface area contributed by atoms with Crippen LogP contribution < -0.4 is 19.1 Å². The summed E-state index contributed by atoms with van der Waals surface area (Å²) in [7, 11) is -3.75. The van der Waals surface area contributed by atoms with Gasteiger partial charge in [0.2, 0.25) is 6.20 Å². The molecule has 7 nitrogen and oxygen atoms in total. The highest BCUT2D eigenvalue weighted by molar-refractivity contribution is 7.86. The maximum absolute atomic E-state index is 11.7. The van der Waals surface area contributed by atoms with Crippen LogP contribution >= 0.6 is 0 Å². The molecule has 0 bridgehead atoms. The molecule has 0 atom stereocenters. The molecule has 0 aliphatic heterocycles. The van der Waals surface area contributed by atoms with Crippen LogP contribution in [0.3, 0.4) is 0 Å². The number of nitrogens with zero attached hydrogens (tertiary/aromatic N) is 2. The van der Waals surface area contributed by atoms with Crippen molar-refractivity contribution in [3.05, 3.63) is 53.1 Å². The summed E-state index contributed by atoms with van der Waals surface area (Å²) in [5.74, 6) is -0.191. The lowest BCUT2D eigenvalue weighted by molar-refractivity contribution is -0.873. The van der Waals surface area contributed by atoms with E-state index < -0.39 is 15.7 Å². The number of H-pyrrole nitrogens is 1. The quantitative estimate of drug-likeness (QED) is 0.514. The molecule has 1 N–H and O–H groups in total. The van der Waals surface area contributed by atoms with Gasteiger partial charge in [-0.1, -0.05) is 18.2 Å². The maximum atomic E-state index is 11.7. The number of aromatic nitrogens is 3. The lowest BCUT2D eigenvalue weighted by Crippen LogP contribution is -2.56. The summed E-state index contributed by atoms with van der Waals surface area (Å²) >= 11 is 0. The maximum Gasteiger partial charge on any atom is 0.529 e. The molecule has 8 heteroatoms. The number of pyridine rings is 1. The minimum absolute atomic E-state index is 0.191. The van der Waals surface area contributed by atoms with Gasteiger partial charge in [-0.05, 0) is 17.5 Å². The van der Waals surface area contributed by atoms with Crippen molar-refractivity contribution in [1.29, 1.82) is 0 Å². The molecule has 0 aliphatic rings. The standard InChI is InChI=1S/C13H12N3O4S/c1-2-21(18,19)20-16-9-12(17)14-15-8-7-10-5-3-4-6-11(10)13(15)16/h3-9H,2H2,1H3/q+1/p+1. The topological polar surface area (TPSA) is 84.2 Å². The van der Waals surface area contributed by atoms with Gasteiger partial charge in [0, 0.05) is 11.5 Å². The monoisotopic (exact) mass is 307 g/mol. The first-order valence-corrected chi connectivity index (χ1v) is 7.89. The smallest absolute Gasteiger partial charge is 0.257 e. The van der Waals surface area contributed by atoms with Gasteiger partial charge >= 0.3 is 27.5 Å². The molecule has 0 saturated heterocycles. The average Bonchev–Trinajstić information content (AvgIpc) is 2.46. The zero-order valence-corrected chi connectivity index (χ0v) is 12.0. The lowest BCUT2D eigenvalue weighted by Gasteiger charge is -1.98. The summed E-state index contributed by atoms with van der Waals surface area (Å²) in [6, 6.07) is 9.22. The Labute approximate surface area is 120 Å². The fourth-order valence-electron chi connectivity index (χ4n) is 2.06. The second-order valence-corrected chi connectivity index (χ2v) is 6.29. The molecule has 21 heavy (non-hydrogen) atoms. The van der Waals surface area contributed by atoms with E-state index in [1.54, 1.807) is 6.20 Å². The van der Waals surface area contributed by atoms with Gasteiger partial charge in [-0.3, -0.25) is 4.79 Å². The lowest BCUT2D eigenvalue weighted by atomic mass is 10.2. The predicted molar refractivity (Wildman–Crippen MR) is 74.0 cm³/mol. The van der Waals surface area contributed by atoms with Crippen LogP contribution in [0.25, 0.3) is 16.4 Å². The number of benzene rings is 1. The molecular weight excluding hydrogens is 294 g/mol. The molecule has 3 rings (SSSR count). The number of rotatable bonds is 3. The Morgan fingerprint density at radius 2 is 2.00 bits per heavy atom. The molecular formula is C13H13N3O4S+2. The molecule has 3 aromatic rings. The van der Waals surface area contributed by atoms with E-state index in [1.165, 1.54) is 11.4 Å². The fraction of sp³-hybridized carbons (Fsp3) is 0.154. The highest BCUT2D eigenvalue weighted by Gasteiger charge is 2.28. The zero-order valence-electron chi connectivity index (χ0n) is 11.2. The van der Waals surface area contributed by atoms with Crippen molar-refractivity contribution in [3.8, 4) is 0 Å². The number of nitrogens with one attached hydrogen (secondary N) is 1. The van der Waals surface area contributed by atoms with Crippen molar-refractivity contribution in [2.75, 3.05) is 5.75 Å². The van der Waals surface area contributed by atoms with Crippen LogP contribution in [0.15, 0.2) is 47.5 Å². The van der Waals surface area contributed by atoms with Gasteiger partial charge in [0.15, 0.2) is 0 Å².